The van der Waals surface area contributed by atoms with Crippen molar-refractivity contribution in [2.24, 2.45) is 5.92 Å². The van der Waals surface area contributed by atoms with Crippen LogP contribution in [0.1, 0.15) is 48.3 Å². The summed E-state index contributed by atoms with van der Waals surface area (Å²) in [5.74, 6) is 0.400. The molecule has 2 rings (SSSR count). The van der Waals surface area contributed by atoms with Gasteiger partial charge in [0.25, 0.3) is 0 Å². The Hall–Kier alpha value is -1.12. The fourth-order valence-corrected chi connectivity index (χ4v) is 2.37. The zero-order valence-corrected chi connectivity index (χ0v) is 9.49. The van der Waals surface area contributed by atoms with E-state index in [2.05, 4.69) is 5.10 Å². The Balaban J connectivity index is 2.16. The second-order valence-electron chi connectivity index (χ2n) is 4.51. The van der Waals surface area contributed by atoms with E-state index in [0.717, 1.165) is 24.2 Å². The molecule has 3 heteroatoms. The molecule has 1 aliphatic carbocycles. The average molecular weight is 206 g/mol. The molecule has 82 valence electrons. The number of rotatable bonds is 1. The minimum Gasteiger partial charge on any atom is -0.272 e. The van der Waals surface area contributed by atoms with Crippen molar-refractivity contribution in [2.75, 3.05) is 0 Å². The molecule has 1 aromatic rings. The average Bonchev–Trinajstić information content (AvgIpc) is 2.58. The van der Waals surface area contributed by atoms with Gasteiger partial charge in [-0.25, -0.2) is 4.68 Å². The van der Waals surface area contributed by atoms with Crippen LogP contribution < -0.4 is 0 Å². The lowest BCUT2D eigenvalue weighted by atomic mass is 9.89. The molecular formula is C12H18N2O. The molecule has 0 saturated heterocycles. The Bertz CT molecular complexity index is 362. The molecule has 1 heterocycles. The SMILES string of the molecule is Cc1cc(C)n(C(=O)C2CCCCC2)n1. The van der Waals surface area contributed by atoms with Gasteiger partial charge < -0.3 is 0 Å². The minimum atomic E-state index is 0.195. The van der Waals surface area contributed by atoms with Crippen LogP contribution in [-0.2, 0) is 0 Å². The van der Waals surface area contributed by atoms with Crippen molar-refractivity contribution in [3.8, 4) is 0 Å². The lowest BCUT2D eigenvalue weighted by molar-refractivity contribution is 0.0781. The molecule has 0 amide bonds. The van der Waals surface area contributed by atoms with Crippen molar-refractivity contribution < 1.29 is 4.79 Å². The summed E-state index contributed by atoms with van der Waals surface area (Å²) in [7, 11) is 0. The van der Waals surface area contributed by atoms with Crippen LogP contribution in [-0.4, -0.2) is 15.7 Å². The van der Waals surface area contributed by atoms with Gasteiger partial charge in [-0.05, 0) is 32.8 Å². The van der Waals surface area contributed by atoms with Crippen LogP contribution in [0.2, 0.25) is 0 Å². The molecule has 15 heavy (non-hydrogen) atoms. The molecule has 1 aliphatic rings. The molecule has 1 aromatic heterocycles. The normalized spacial score (nSPS) is 18.0. The Kier molecular flexibility index (Phi) is 2.89. The van der Waals surface area contributed by atoms with E-state index >= 15 is 0 Å². The maximum atomic E-state index is 12.1. The third-order valence-corrected chi connectivity index (χ3v) is 3.17. The zero-order valence-electron chi connectivity index (χ0n) is 9.49. The number of hydrogen-bond donors (Lipinski definition) is 0. The maximum absolute atomic E-state index is 12.1. The van der Waals surface area contributed by atoms with E-state index < -0.39 is 0 Å². The van der Waals surface area contributed by atoms with Crippen molar-refractivity contribution in [1.82, 2.24) is 9.78 Å². The Morgan fingerprint density at radius 1 is 1.33 bits per heavy atom. The number of aromatic nitrogens is 2. The highest BCUT2D eigenvalue weighted by Gasteiger charge is 2.23. The van der Waals surface area contributed by atoms with E-state index in [4.69, 9.17) is 0 Å². The molecule has 0 aliphatic heterocycles. The Morgan fingerprint density at radius 3 is 2.53 bits per heavy atom. The van der Waals surface area contributed by atoms with Crippen LogP contribution in [0.4, 0.5) is 0 Å². The van der Waals surface area contributed by atoms with E-state index in [1.807, 2.05) is 19.9 Å². The summed E-state index contributed by atoms with van der Waals surface area (Å²) < 4.78 is 1.59. The molecule has 0 atom stereocenters. The predicted molar refractivity (Wildman–Crippen MR) is 58.9 cm³/mol. The molecule has 0 N–H and O–H groups in total. The smallest absolute Gasteiger partial charge is 0.250 e. The van der Waals surface area contributed by atoms with Crippen LogP contribution in [0.3, 0.4) is 0 Å². The monoisotopic (exact) mass is 206 g/mol. The quantitative estimate of drug-likeness (QED) is 0.708. The van der Waals surface area contributed by atoms with Gasteiger partial charge in [0.05, 0.1) is 5.69 Å². The number of carbonyl (C=O) groups excluding carboxylic acids is 1. The van der Waals surface area contributed by atoms with Crippen LogP contribution in [0.5, 0.6) is 0 Å². The predicted octanol–water partition coefficient (Wildman–Crippen LogP) is 2.72. The molecule has 1 saturated carbocycles. The summed E-state index contributed by atoms with van der Waals surface area (Å²) in [6.45, 7) is 3.87. The lowest BCUT2D eigenvalue weighted by Crippen LogP contribution is -2.25. The molecule has 0 aromatic carbocycles. The van der Waals surface area contributed by atoms with Gasteiger partial charge in [-0.3, -0.25) is 4.79 Å². The van der Waals surface area contributed by atoms with Crippen molar-refractivity contribution in [3.63, 3.8) is 0 Å². The van der Waals surface area contributed by atoms with Gasteiger partial charge in [-0.2, -0.15) is 5.10 Å². The van der Waals surface area contributed by atoms with Gasteiger partial charge in [0.2, 0.25) is 5.91 Å². The van der Waals surface area contributed by atoms with Gasteiger partial charge in [-0.1, -0.05) is 19.3 Å². The van der Waals surface area contributed by atoms with E-state index in [-0.39, 0.29) is 11.8 Å². The summed E-state index contributed by atoms with van der Waals surface area (Å²) in [6.07, 6.45) is 5.74. The van der Waals surface area contributed by atoms with Crippen molar-refractivity contribution in [3.05, 3.63) is 17.5 Å². The van der Waals surface area contributed by atoms with Crippen LogP contribution in [0.25, 0.3) is 0 Å². The molecule has 0 unspecified atom stereocenters. The first-order valence-electron chi connectivity index (χ1n) is 5.76. The highest BCUT2D eigenvalue weighted by Crippen LogP contribution is 2.25. The molecule has 0 spiro atoms. The molecular weight excluding hydrogens is 188 g/mol. The first kappa shape index (κ1) is 10.4. The Morgan fingerprint density at radius 2 is 2.00 bits per heavy atom. The first-order valence-corrected chi connectivity index (χ1v) is 5.76. The summed E-state index contributed by atoms with van der Waals surface area (Å²) in [5.41, 5.74) is 1.89. The second kappa shape index (κ2) is 4.17. The third kappa shape index (κ3) is 2.11. The van der Waals surface area contributed by atoms with E-state index in [1.165, 1.54) is 19.3 Å². The zero-order chi connectivity index (χ0) is 10.8. The number of nitrogens with zero attached hydrogens (tertiary/aromatic N) is 2. The Labute approximate surface area is 90.5 Å². The number of aryl methyl sites for hydroxylation is 2. The van der Waals surface area contributed by atoms with Crippen molar-refractivity contribution in [1.29, 1.82) is 0 Å². The second-order valence-corrected chi connectivity index (χ2v) is 4.51. The van der Waals surface area contributed by atoms with Crippen LogP contribution in [0, 0.1) is 19.8 Å². The maximum Gasteiger partial charge on any atom is 0.250 e. The third-order valence-electron chi connectivity index (χ3n) is 3.17. The molecule has 1 fully saturated rings. The summed E-state index contributed by atoms with van der Waals surface area (Å²) in [4.78, 5) is 12.1. The molecule has 0 bridgehead atoms. The topological polar surface area (TPSA) is 34.9 Å². The summed E-state index contributed by atoms with van der Waals surface area (Å²) in [5, 5.41) is 4.25. The van der Waals surface area contributed by atoms with Crippen LogP contribution in [0.15, 0.2) is 6.07 Å². The molecule has 0 radical (unpaired) electrons. The molecule has 3 nitrogen and oxygen atoms in total. The largest absolute Gasteiger partial charge is 0.272 e. The van der Waals surface area contributed by atoms with Crippen molar-refractivity contribution in [2.45, 2.75) is 46.0 Å². The summed E-state index contributed by atoms with van der Waals surface area (Å²) >= 11 is 0. The summed E-state index contributed by atoms with van der Waals surface area (Å²) in [6, 6.07) is 1.96. The van der Waals surface area contributed by atoms with E-state index in [0.29, 0.717) is 0 Å². The standard InChI is InChI=1S/C12H18N2O/c1-9-8-10(2)14(13-9)12(15)11-6-4-3-5-7-11/h8,11H,3-7H2,1-2H3. The fourth-order valence-electron chi connectivity index (χ4n) is 2.37. The lowest BCUT2D eigenvalue weighted by Gasteiger charge is -2.20. The highest BCUT2D eigenvalue weighted by atomic mass is 16.2. The number of carbonyl (C=O) groups is 1. The highest BCUT2D eigenvalue weighted by molar-refractivity contribution is 5.81. The minimum absolute atomic E-state index is 0.195. The van der Waals surface area contributed by atoms with Gasteiger partial charge in [0.15, 0.2) is 0 Å². The van der Waals surface area contributed by atoms with Gasteiger partial charge in [-0.15, -0.1) is 0 Å². The first-order chi connectivity index (χ1) is 7.18. The van der Waals surface area contributed by atoms with Crippen LogP contribution >= 0.6 is 0 Å². The van der Waals surface area contributed by atoms with E-state index in [1.54, 1.807) is 4.68 Å². The van der Waals surface area contributed by atoms with Gasteiger partial charge >= 0.3 is 0 Å². The van der Waals surface area contributed by atoms with Gasteiger partial charge in [0, 0.05) is 11.6 Å². The van der Waals surface area contributed by atoms with Gasteiger partial charge in [0.1, 0.15) is 0 Å². The fraction of sp³-hybridized carbons (Fsp3) is 0.667. The number of hydrogen-bond acceptors (Lipinski definition) is 2. The van der Waals surface area contributed by atoms with E-state index in [9.17, 15) is 4.79 Å². The van der Waals surface area contributed by atoms with Crippen molar-refractivity contribution >= 4 is 5.91 Å².